The highest BCUT2D eigenvalue weighted by atomic mass is 127. The van der Waals surface area contributed by atoms with Gasteiger partial charge in [0.05, 0.1) is 6.61 Å². The lowest BCUT2D eigenvalue weighted by molar-refractivity contribution is 0.0456. The van der Waals surface area contributed by atoms with E-state index < -0.39 is 11.6 Å². The van der Waals surface area contributed by atoms with Gasteiger partial charge in [-0.15, -0.1) is 0 Å². The molecule has 4 rings (SSSR count). The van der Waals surface area contributed by atoms with Crippen molar-refractivity contribution < 1.29 is 13.5 Å². The van der Waals surface area contributed by atoms with E-state index in [9.17, 15) is 0 Å². The van der Waals surface area contributed by atoms with Gasteiger partial charge in [-0.1, -0.05) is 77.3 Å². The SMILES string of the molecule is CCCCCc1ccc2cc(OCC3(CCC)CCC(C4CCCCC4)CC3)c(F)c(F)c2c1I. The van der Waals surface area contributed by atoms with E-state index in [0.717, 1.165) is 77.7 Å². The number of fused-ring (bicyclic) bond motifs is 1. The number of aryl methyl sites for hydroxylation is 1. The molecule has 0 aromatic heterocycles. The molecule has 0 heterocycles. The third-order valence-electron chi connectivity index (χ3n) is 8.94. The lowest BCUT2D eigenvalue weighted by Gasteiger charge is -2.43. The molecule has 2 aliphatic rings. The molecule has 0 saturated heterocycles. The summed E-state index contributed by atoms with van der Waals surface area (Å²) in [7, 11) is 0. The monoisotopic (exact) mass is 596 g/mol. The maximum atomic E-state index is 15.3. The van der Waals surface area contributed by atoms with Crippen molar-refractivity contribution in [2.75, 3.05) is 6.61 Å². The first-order valence-corrected chi connectivity index (χ1v) is 15.3. The maximum absolute atomic E-state index is 15.3. The normalized spacial score (nSPS) is 23.6. The second kappa shape index (κ2) is 12.6. The van der Waals surface area contributed by atoms with Gasteiger partial charge in [0.2, 0.25) is 5.82 Å². The first-order chi connectivity index (χ1) is 17.0. The van der Waals surface area contributed by atoms with Crippen molar-refractivity contribution in [3.63, 3.8) is 0 Å². The molecule has 35 heavy (non-hydrogen) atoms. The predicted molar refractivity (Wildman–Crippen MR) is 151 cm³/mol. The molecule has 2 saturated carbocycles. The van der Waals surface area contributed by atoms with Gasteiger partial charge in [0.15, 0.2) is 11.6 Å². The van der Waals surface area contributed by atoms with Crippen LogP contribution in [0.15, 0.2) is 18.2 Å². The van der Waals surface area contributed by atoms with E-state index in [4.69, 9.17) is 4.74 Å². The van der Waals surface area contributed by atoms with Crippen LogP contribution in [0.3, 0.4) is 0 Å². The molecule has 0 unspecified atom stereocenters. The van der Waals surface area contributed by atoms with Crippen molar-refractivity contribution in [3.8, 4) is 5.75 Å². The van der Waals surface area contributed by atoms with E-state index in [0.29, 0.717) is 12.0 Å². The number of hydrogen-bond acceptors (Lipinski definition) is 1. The minimum atomic E-state index is -0.830. The molecule has 0 aliphatic heterocycles. The first kappa shape index (κ1) is 27.1. The van der Waals surface area contributed by atoms with Gasteiger partial charge in [0.25, 0.3) is 0 Å². The molecule has 4 heteroatoms. The Morgan fingerprint density at radius 1 is 0.914 bits per heavy atom. The number of hydrogen-bond donors (Lipinski definition) is 0. The van der Waals surface area contributed by atoms with Gasteiger partial charge in [0, 0.05) is 14.4 Å². The average Bonchev–Trinajstić information content (AvgIpc) is 2.88. The van der Waals surface area contributed by atoms with Crippen molar-refractivity contribution in [2.24, 2.45) is 17.3 Å². The Kier molecular flexibility index (Phi) is 9.74. The van der Waals surface area contributed by atoms with E-state index in [2.05, 4.69) is 42.5 Å². The van der Waals surface area contributed by atoms with Crippen LogP contribution in [0.4, 0.5) is 8.78 Å². The third kappa shape index (κ3) is 6.33. The fourth-order valence-corrected chi connectivity index (χ4v) is 7.82. The lowest BCUT2D eigenvalue weighted by Crippen LogP contribution is -2.35. The zero-order chi connectivity index (χ0) is 24.8. The van der Waals surface area contributed by atoms with Crippen molar-refractivity contribution in [1.82, 2.24) is 0 Å². The molecular weight excluding hydrogens is 553 g/mol. The summed E-state index contributed by atoms with van der Waals surface area (Å²) in [6.07, 6.45) is 18.3. The molecule has 2 aliphatic carbocycles. The van der Waals surface area contributed by atoms with E-state index >= 15 is 8.78 Å². The van der Waals surface area contributed by atoms with Crippen LogP contribution in [0, 0.1) is 32.5 Å². The van der Waals surface area contributed by atoms with Crippen molar-refractivity contribution in [3.05, 3.63) is 39.0 Å². The second-order valence-corrected chi connectivity index (χ2v) is 12.4. The van der Waals surface area contributed by atoms with Crippen LogP contribution in [-0.2, 0) is 6.42 Å². The summed E-state index contributed by atoms with van der Waals surface area (Å²) in [5.41, 5.74) is 1.20. The van der Waals surface area contributed by atoms with E-state index in [1.807, 2.05) is 6.07 Å². The van der Waals surface area contributed by atoms with Gasteiger partial charge in [0.1, 0.15) is 0 Å². The van der Waals surface area contributed by atoms with Crippen LogP contribution in [0.2, 0.25) is 0 Å². The molecule has 2 fully saturated rings. The fourth-order valence-electron chi connectivity index (χ4n) is 6.82. The van der Waals surface area contributed by atoms with Crippen LogP contribution in [0.25, 0.3) is 10.8 Å². The predicted octanol–water partition coefficient (Wildman–Crippen LogP) is 10.4. The van der Waals surface area contributed by atoms with Crippen LogP contribution in [0.5, 0.6) is 5.75 Å². The Bertz CT molecular complexity index is 974. The number of rotatable bonds is 10. The summed E-state index contributed by atoms with van der Waals surface area (Å²) in [5, 5.41) is 1.13. The summed E-state index contributed by atoms with van der Waals surface area (Å²) in [5.74, 6) is 0.247. The van der Waals surface area contributed by atoms with Gasteiger partial charge in [-0.3, -0.25) is 0 Å². The Morgan fingerprint density at radius 3 is 2.31 bits per heavy atom. The summed E-state index contributed by atoms with van der Waals surface area (Å²) < 4.78 is 37.5. The smallest absolute Gasteiger partial charge is 0.201 e. The standard InChI is InChI=1S/C31H43F2IO/c1-3-5-7-12-24-13-14-25-20-26(28(32)29(33)27(25)30(24)34)35-21-31(17-4-2)18-15-23(16-19-31)22-10-8-6-9-11-22/h13-14,20,22-23H,3-12,15-19,21H2,1-2H3. The molecule has 0 N–H and O–H groups in total. The third-order valence-corrected chi connectivity index (χ3v) is 10.2. The highest BCUT2D eigenvalue weighted by Crippen LogP contribution is 2.47. The maximum Gasteiger partial charge on any atom is 0.201 e. The molecule has 0 atom stereocenters. The summed E-state index contributed by atoms with van der Waals surface area (Å²) in [4.78, 5) is 0. The fraction of sp³-hybridized carbons (Fsp3) is 0.677. The number of benzene rings is 2. The Hall–Kier alpha value is -0.910. The van der Waals surface area contributed by atoms with E-state index in [1.165, 1.54) is 44.9 Å². The minimum absolute atomic E-state index is 0.0782. The molecule has 194 valence electrons. The van der Waals surface area contributed by atoms with Gasteiger partial charge < -0.3 is 4.74 Å². The van der Waals surface area contributed by atoms with Crippen molar-refractivity contribution in [2.45, 2.75) is 110 Å². The quantitative estimate of drug-likeness (QED) is 0.196. The minimum Gasteiger partial charge on any atom is -0.490 e. The molecule has 0 spiro atoms. The first-order valence-electron chi connectivity index (χ1n) is 14.2. The zero-order valence-corrected chi connectivity index (χ0v) is 23.9. The highest BCUT2D eigenvalue weighted by molar-refractivity contribution is 14.1. The Balaban J connectivity index is 1.48. The van der Waals surface area contributed by atoms with Gasteiger partial charge in [-0.05, 0) is 96.4 Å². The van der Waals surface area contributed by atoms with Crippen LogP contribution in [0.1, 0.15) is 109 Å². The van der Waals surface area contributed by atoms with E-state index in [1.54, 1.807) is 6.07 Å². The molecule has 2 aromatic carbocycles. The highest BCUT2D eigenvalue weighted by Gasteiger charge is 2.38. The summed E-state index contributed by atoms with van der Waals surface area (Å²) in [6.45, 7) is 4.90. The number of ether oxygens (including phenoxy) is 1. The number of unbranched alkanes of at least 4 members (excludes halogenated alkanes) is 2. The Morgan fingerprint density at radius 2 is 1.63 bits per heavy atom. The molecule has 0 radical (unpaired) electrons. The number of halogens is 3. The van der Waals surface area contributed by atoms with E-state index in [-0.39, 0.29) is 11.2 Å². The van der Waals surface area contributed by atoms with Gasteiger partial charge >= 0.3 is 0 Å². The topological polar surface area (TPSA) is 9.23 Å². The van der Waals surface area contributed by atoms with Crippen molar-refractivity contribution >= 4 is 33.4 Å². The summed E-state index contributed by atoms with van der Waals surface area (Å²) in [6, 6.07) is 5.73. The molecular formula is C31H43F2IO. The zero-order valence-electron chi connectivity index (χ0n) is 21.7. The van der Waals surface area contributed by atoms with Crippen LogP contribution < -0.4 is 4.74 Å². The van der Waals surface area contributed by atoms with Crippen LogP contribution >= 0.6 is 22.6 Å². The van der Waals surface area contributed by atoms with Crippen molar-refractivity contribution in [1.29, 1.82) is 0 Å². The largest absolute Gasteiger partial charge is 0.490 e. The van der Waals surface area contributed by atoms with Gasteiger partial charge in [-0.25, -0.2) is 4.39 Å². The molecule has 0 bridgehead atoms. The second-order valence-electron chi connectivity index (χ2n) is 11.4. The molecule has 2 aromatic rings. The van der Waals surface area contributed by atoms with Crippen LogP contribution in [-0.4, -0.2) is 6.61 Å². The molecule has 1 nitrogen and oxygen atoms in total. The average molecular weight is 597 g/mol. The summed E-state index contributed by atoms with van der Waals surface area (Å²) >= 11 is 2.19. The molecule has 0 amide bonds. The lowest BCUT2D eigenvalue weighted by atomic mass is 9.64. The van der Waals surface area contributed by atoms with Gasteiger partial charge in [-0.2, -0.15) is 4.39 Å². The Labute approximate surface area is 224 Å².